The molecular formula is C22H28N2O6S. The van der Waals surface area contributed by atoms with E-state index in [2.05, 4.69) is 10.0 Å². The molecule has 1 amide bonds. The minimum Gasteiger partial charge on any atom is -0.496 e. The maximum absolute atomic E-state index is 12.3. The molecule has 0 aliphatic carbocycles. The monoisotopic (exact) mass is 448 g/mol. The van der Waals surface area contributed by atoms with Crippen LogP contribution in [0.5, 0.6) is 5.75 Å². The number of anilines is 1. The zero-order valence-electron chi connectivity index (χ0n) is 18.0. The molecule has 2 aromatic carbocycles. The van der Waals surface area contributed by atoms with Gasteiger partial charge < -0.3 is 14.8 Å². The molecule has 2 N–H and O–H groups in total. The van der Waals surface area contributed by atoms with Gasteiger partial charge in [0.2, 0.25) is 10.0 Å². The predicted molar refractivity (Wildman–Crippen MR) is 117 cm³/mol. The van der Waals surface area contributed by atoms with Crippen molar-refractivity contribution in [2.45, 2.75) is 50.7 Å². The summed E-state index contributed by atoms with van der Waals surface area (Å²) in [5.74, 6) is -0.327. The molecule has 8 nitrogen and oxygen atoms in total. The summed E-state index contributed by atoms with van der Waals surface area (Å²) >= 11 is 0. The fraction of sp³-hybridized carbons (Fsp3) is 0.364. The average molecular weight is 449 g/mol. The molecule has 168 valence electrons. The molecule has 0 unspecified atom stereocenters. The van der Waals surface area contributed by atoms with Crippen molar-refractivity contribution in [3.63, 3.8) is 0 Å². The van der Waals surface area contributed by atoms with Crippen LogP contribution in [0.2, 0.25) is 0 Å². The summed E-state index contributed by atoms with van der Waals surface area (Å²) in [5.41, 5.74) is 1.27. The van der Waals surface area contributed by atoms with Gasteiger partial charge in [-0.05, 0) is 63.1 Å². The van der Waals surface area contributed by atoms with Crippen molar-refractivity contribution in [1.29, 1.82) is 0 Å². The van der Waals surface area contributed by atoms with Crippen molar-refractivity contribution >= 4 is 27.6 Å². The molecule has 0 heterocycles. The first-order valence-corrected chi connectivity index (χ1v) is 11.4. The van der Waals surface area contributed by atoms with E-state index >= 15 is 0 Å². The Hall–Kier alpha value is -2.91. The summed E-state index contributed by atoms with van der Waals surface area (Å²) in [6, 6.07) is 12.9. The van der Waals surface area contributed by atoms with E-state index in [4.69, 9.17) is 9.47 Å². The maximum atomic E-state index is 12.3. The van der Waals surface area contributed by atoms with Crippen LogP contribution in [0.15, 0.2) is 53.4 Å². The zero-order valence-corrected chi connectivity index (χ0v) is 18.9. The molecule has 0 saturated heterocycles. The molecule has 0 aromatic heterocycles. The van der Waals surface area contributed by atoms with Crippen LogP contribution in [0.3, 0.4) is 0 Å². The van der Waals surface area contributed by atoms with Crippen LogP contribution in [0, 0.1) is 0 Å². The fourth-order valence-electron chi connectivity index (χ4n) is 2.80. The number of amides is 1. The standard InChI is InChI=1S/C22H28N2O6S/c1-15(2)24-31(27,28)19-12-10-18(11-13-19)23-22(26)16(3)30-21(25)14-9-17-7-5-6-8-20(17)29-4/h5-8,10-13,15-16,24H,9,14H2,1-4H3,(H,23,26)/t16-/m0/s1. The van der Waals surface area contributed by atoms with E-state index < -0.39 is 28.0 Å². The molecule has 0 aliphatic rings. The molecule has 0 spiro atoms. The van der Waals surface area contributed by atoms with Gasteiger partial charge in [-0.1, -0.05) is 18.2 Å². The quantitative estimate of drug-likeness (QED) is 0.541. The van der Waals surface area contributed by atoms with E-state index in [1.807, 2.05) is 24.3 Å². The molecule has 0 saturated carbocycles. The molecule has 2 aromatic rings. The summed E-state index contributed by atoms with van der Waals surface area (Å²) in [6.45, 7) is 4.93. The lowest BCUT2D eigenvalue weighted by molar-refractivity contribution is -0.153. The Balaban J connectivity index is 1.88. The van der Waals surface area contributed by atoms with Crippen molar-refractivity contribution in [3.8, 4) is 5.75 Å². The normalized spacial score (nSPS) is 12.3. The Morgan fingerprint density at radius 1 is 1.00 bits per heavy atom. The van der Waals surface area contributed by atoms with Crippen LogP contribution < -0.4 is 14.8 Å². The number of hydrogen-bond donors (Lipinski definition) is 2. The number of esters is 1. The Kier molecular flexibility index (Phi) is 8.58. The Morgan fingerprint density at radius 3 is 2.26 bits per heavy atom. The molecule has 0 fully saturated rings. The van der Waals surface area contributed by atoms with Crippen LogP contribution in [0.25, 0.3) is 0 Å². The van der Waals surface area contributed by atoms with Gasteiger partial charge in [0.15, 0.2) is 6.10 Å². The van der Waals surface area contributed by atoms with E-state index in [0.717, 1.165) is 5.56 Å². The summed E-state index contributed by atoms with van der Waals surface area (Å²) in [6.07, 6.45) is -0.471. The van der Waals surface area contributed by atoms with Crippen molar-refractivity contribution in [3.05, 3.63) is 54.1 Å². The Labute approximate surface area is 183 Å². The second-order valence-corrected chi connectivity index (χ2v) is 8.95. The SMILES string of the molecule is COc1ccccc1CCC(=O)O[C@@H](C)C(=O)Nc1ccc(S(=O)(=O)NC(C)C)cc1. The fourth-order valence-corrected chi connectivity index (χ4v) is 4.05. The van der Waals surface area contributed by atoms with Gasteiger partial charge in [0.1, 0.15) is 5.75 Å². The highest BCUT2D eigenvalue weighted by atomic mass is 32.2. The third-order valence-electron chi connectivity index (χ3n) is 4.29. The molecule has 0 radical (unpaired) electrons. The predicted octanol–water partition coefficient (Wildman–Crippen LogP) is 2.88. The lowest BCUT2D eigenvalue weighted by Crippen LogP contribution is -2.30. The van der Waals surface area contributed by atoms with Crippen molar-refractivity contribution in [1.82, 2.24) is 4.72 Å². The van der Waals surface area contributed by atoms with Crippen LogP contribution in [0.1, 0.15) is 32.8 Å². The van der Waals surface area contributed by atoms with Crippen LogP contribution in [-0.4, -0.2) is 39.5 Å². The number of benzene rings is 2. The van der Waals surface area contributed by atoms with Crippen molar-refractivity contribution in [2.75, 3.05) is 12.4 Å². The molecule has 2 rings (SSSR count). The van der Waals surface area contributed by atoms with Gasteiger partial charge in [0.25, 0.3) is 5.91 Å². The van der Waals surface area contributed by atoms with Gasteiger partial charge in [-0.15, -0.1) is 0 Å². The number of ether oxygens (including phenoxy) is 2. The number of carbonyl (C=O) groups is 2. The summed E-state index contributed by atoms with van der Waals surface area (Å²) < 4.78 is 37.2. The second-order valence-electron chi connectivity index (χ2n) is 7.23. The summed E-state index contributed by atoms with van der Waals surface area (Å²) in [5, 5.41) is 2.61. The number of rotatable bonds is 10. The van der Waals surface area contributed by atoms with Gasteiger partial charge in [0, 0.05) is 18.2 Å². The zero-order chi connectivity index (χ0) is 23.0. The number of sulfonamides is 1. The molecule has 0 bridgehead atoms. The van der Waals surface area contributed by atoms with E-state index in [-0.39, 0.29) is 17.4 Å². The average Bonchev–Trinajstić information content (AvgIpc) is 2.71. The molecule has 0 aliphatic heterocycles. The third kappa shape index (κ3) is 7.37. The number of carbonyl (C=O) groups excluding carboxylic acids is 2. The van der Waals surface area contributed by atoms with E-state index in [1.54, 1.807) is 21.0 Å². The Bertz CT molecular complexity index is 1000. The van der Waals surface area contributed by atoms with Crippen LogP contribution in [0.4, 0.5) is 5.69 Å². The highest BCUT2D eigenvalue weighted by Crippen LogP contribution is 2.19. The smallest absolute Gasteiger partial charge is 0.306 e. The molecule has 9 heteroatoms. The van der Waals surface area contributed by atoms with E-state index in [9.17, 15) is 18.0 Å². The molecule has 1 atom stereocenters. The largest absolute Gasteiger partial charge is 0.496 e. The molecular weight excluding hydrogens is 420 g/mol. The number of hydrogen-bond acceptors (Lipinski definition) is 6. The van der Waals surface area contributed by atoms with Gasteiger partial charge in [-0.2, -0.15) is 0 Å². The lowest BCUT2D eigenvalue weighted by Gasteiger charge is -2.14. The first-order chi connectivity index (χ1) is 14.6. The Morgan fingerprint density at radius 2 is 1.65 bits per heavy atom. The van der Waals surface area contributed by atoms with Gasteiger partial charge in [0.05, 0.1) is 12.0 Å². The van der Waals surface area contributed by atoms with Crippen LogP contribution in [-0.2, 0) is 30.8 Å². The number of aryl methyl sites for hydroxylation is 1. The maximum Gasteiger partial charge on any atom is 0.306 e. The summed E-state index contributed by atoms with van der Waals surface area (Å²) in [4.78, 5) is 24.5. The molecule has 31 heavy (non-hydrogen) atoms. The van der Waals surface area contributed by atoms with Gasteiger partial charge >= 0.3 is 5.97 Å². The first kappa shape index (κ1) is 24.4. The van der Waals surface area contributed by atoms with Crippen molar-refractivity contribution in [2.24, 2.45) is 0 Å². The third-order valence-corrected chi connectivity index (χ3v) is 5.97. The minimum absolute atomic E-state index is 0.0926. The highest BCUT2D eigenvalue weighted by Gasteiger charge is 2.19. The van der Waals surface area contributed by atoms with Gasteiger partial charge in [-0.3, -0.25) is 9.59 Å². The van der Waals surface area contributed by atoms with E-state index in [0.29, 0.717) is 17.9 Å². The summed E-state index contributed by atoms with van der Waals surface area (Å²) in [7, 11) is -2.05. The van der Waals surface area contributed by atoms with Gasteiger partial charge in [-0.25, -0.2) is 13.1 Å². The topological polar surface area (TPSA) is 111 Å². The minimum atomic E-state index is -3.61. The first-order valence-electron chi connectivity index (χ1n) is 9.87. The van der Waals surface area contributed by atoms with Crippen molar-refractivity contribution < 1.29 is 27.5 Å². The van der Waals surface area contributed by atoms with Crippen LogP contribution >= 0.6 is 0 Å². The highest BCUT2D eigenvalue weighted by molar-refractivity contribution is 7.89. The van der Waals surface area contributed by atoms with E-state index in [1.165, 1.54) is 31.2 Å². The second kappa shape index (κ2) is 10.9. The number of para-hydroxylation sites is 1. The number of nitrogens with one attached hydrogen (secondary N) is 2. The lowest BCUT2D eigenvalue weighted by atomic mass is 10.1. The number of methoxy groups -OCH3 is 1.